The summed E-state index contributed by atoms with van der Waals surface area (Å²) >= 11 is 9.12. The number of hydrogen-bond donors (Lipinski definition) is 5. The molecular weight excluding hydrogens is 863 g/mol. The van der Waals surface area contributed by atoms with Gasteiger partial charge in [-0.1, -0.05) is 32.0 Å². The molecule has 0 radical (unpaired) electrons. The summed E-state index contributed by atoms with van der Waals surface area (Å²) in [6.45, 7) is -1.36. The van der Waals surface area contributed by atoms with E-state index in [1.807, 2.05) is 12.1 Å². The molecule has 7 atom stereocenters. The Morgan fingerprint density at radius 2 is 1.88 bits per heavy atom. The van der Waals surface area contributed by atoms with Crippen molar-refractivity contribution in [3.05, 3.63) is 71.2 Å². The molecule has 3 fully saturated rings. The molecule has 7 heterocycles. The second-order valence-corrected chi connectivity index (χ2v) is 20.7. The molecule has 2 amide bonds. The first-order valence-corrected chi connectivity index (χ1v) is 24.5. The SMILES string of the molecule is CC(C)C(=O)Nc1nc2c(ncn2[C@@H]2O[C@@H]3CO[PH](S)(OCCC#N)O[C@H]4C[C@H](n5ccc6c(NC(=O)c7ccccc7)ncnc65)O[C@@H]4COP(=O)(S)O[C@@H]2C3)c(=O)[nH]1. The quantitative estimate of drug-likeness (QED) is 0.0731. The Bertz CT molecular complexity index is 2560. The van der Waals surface area contributed by atoms with Crippen LogP contribution in [0.4, 0.5) is 11.8 Å². The molecular formula is C35H40N10O11P2S2. The monoisotopic (exact) mass is 902 g/mol. The van der Waals surface area contributed by atoms with Gasteiger partial charge < -0.3 is 0 Å². The topological polar surface area (TPSA) is 258 Å². The number of nitrogens with one attached hydrogen (secondary N) is 3. The summed E-state index contributed by atoms with van der Waals surface area (Å²) in [6, 6.07) is 12.5. The Morgan fingerprint density at radius 3 is 2.67 bits per heavy atom. The van der Waals surface area contributed by atoms with Gasteiger partial charge >= 0.3 is 321 Å². The fourth-order valence-corrected chi connectivity index (χ4v) is 10.9. The number of carbonyl (C=O) groups is 2. The summed E-state index contributed by atoms with van der Waals surface area (Å²) in [5, 5.41) is 15.2. The van der Waals surface area contributed by atoms with Gasteiger partial charge in [0.05, 0.1) is 0 Å². The number of rotatable bonds is 9. The summed E-state index contributed by atoms with van der Waals surface area (Å²) < 4.78 is 60.8. The molecule has 1 aromatic carbocycles. The van der Waals surface area contributed by atoms with Crippen molar-refractivity contribution in [2.75, 3.05) is 30.5 Å². The Balaban J connectivity index is 1.06. The number of imidazole rings is 1. The zero-order valence-electron chi connectivity index (χ0n) is 31.9. The number of hydrogen-bond acceptors (Lipinski definition) is 17. The number of ether oxygens (including phenoxy) is 2. The van der Waals surface area contributed by atoms with Crippen LogP contribution in [-0.2, 0) is 41.5 Å². The van der Waals surface area contributed by atoms with E-state index in [1.54, 1.807) is 54.9 Å². The molecule has 3 aliphatic heterocycles. The van der Waals surface area contributed by atoms with E-state index in [0.717, 1.165) is 0 Å². The van der Waals surface area contributed by atoms with Gasteiger partial charge in [0.15, 0.2) is 0 Å². The number of nitriles is 1. The number of benzene rings is 1. The van der Waals surface area contributed by atoms with Crippen LogP contribution < -0.4 is 16.2 Å². The minimum atomic E-state index is -4.20. The molecule has 3 saturated heterocycles. The summed E-state index contributed by atoms with van der Waals surface area (Å²) in [5.74, 6) is -0.928. The minimum absolute atomic E-state index is 0.0246. The molecule has 21 nitrogen and oxygen atoms in total. The predicted molar refractivity (Wildman–Crippen MR) is 222 cm³/mol. The third kappa shape index (κ3) is 9.15. The van der Waals surface area contributed by atoms with Gasteiger partial charge in [-0.25, -0.2) is 0 Å². The van der Waals surface area contributed by atoms with Gasteiger partial charge in [-0.3, -0.25) is 0 Å². The molecule has 0 saturated carbocycles. The maximum atomic E-state index is 14.0. The Labute approximate surface area is 352 Å². The molecule has 2 bridgehead atoms. The molecule has 5 aromatic rings. The van der Waals surface area contributed by atoms with Crippen LogP contribution in [0.5, 0.6) is 0 Å². The van der Waals surface area contributed by atoms with Crippen molar-refractivity contribution in [2.24, 2.45) is 5.92 Å². The number of amides is 2. The first kappa shape index (κ1) is 42.4. The van der Waals surface area contributed by atoms with Crippen molar-refractivity contribution in [2.45, 2.75) is 70.0 Å². The van der Waals surface area contributed by atoms with Crippen LogP contribution in [0.1, 0.15) is 55.9 Å². The van der Waals surface area contributed by atoms with Gasteiger partial charge in [0.1, 0.15) is 0 Å². The van der Waals surface area contributed by atoms with Crippen LogP contribution >= 0.6 is 38.4 Å². The van der Waals surface area contributed by atoms with E-state index in [0.29, 0.717) is 22.4 Å². The number of nitrogens with zero attached hydrogens (tertiary/aromatic N) is 7. The second-order valence-electron chi connectivity index (χ2n) is 14.3. The average Bonchev–Trinajstić information content (AvgIpc) is 4.02. The molecule has 25 heteroatoms. The number of H-pyrrole nitrogens is 1. The molecule has 0 aliphatic carbocycles. The van der Waals surface area contributed by atoms with Crippen LogP contribution in [0, 0.1) is 17.2 Å². The number of aromatic nitrogens is 7. The molecule has 3 aliphatic rings. The van der Waals surface area contributed by atoms with Gasteiger partial charge in [-0.2, -0.15) is 0 Å². The first-order chi connectivity index (χ1) is 28.8. The predicted octanol–water partition coefficient (Wildman–Crippen LogP) is 5.11. The second kappa shape index (κ2) is 17.6. The van der Waals surface area contributed by atoms with Crippen LogP contribution in [0.15, 0.2) is 60.0 Å². The maximum absolute atomic E-state index is 14.0. The van der Waals surface area contributed by atoms with E-state index in [1.165, 1.54) is 17.2 Å². The van der Waals surface area contributed by atoms with Gasteiger partial charge in [0.25, 0.3) is 0 Å². The van der Waals surface area contributed by atoms with E-state index >= 15 is 0 Å². The number of carbonyl (C=O) groups excluding carboxylic acids is 2. The van der Waals surface area contributed by atoms with E-state index in [4.69, 9.17) is 44.3 Å². The fourth-order valence-electron chi connectivity index (χ4n) is 6.91. The average molecular weight is 903 g/mol. The Morgan fingerprint density at radius 1 is 1.07 bits per heavy atom. The molecule has 8 rings (SSSR count). The van der Waals surface area contributed by atoms with E-state index in [-0.39, 0.29) is 68.0 Å². The fraction of sp³-hybridized carbons (Fsp3) is 0.429. The van der Waals surface area contributed by atoms with Gasteiger partial charge in [0, 0.05) is 0 Å². The molecule has 60 heavy (non-hydrogen) atoms. The van der Waals surface area contributed by atoms with Gasteiger partial charge in [-0.15, -0.1) is 0 Å². The van der Waals surface area contributed by atoms with Crippen molar-refractivity contribution in [1.82, 2.24) is 34.1 Å². The Hall–Kier alpha value is -4.30. The zero-order chi connectivity index (χ0) is 42.2. The Kier molecular flexibility index (Phi) is 12.4. The third-order valence-electron chi connectivity index (χ3n) is 9.81. The van der Waals surface area contributed by atoms with Gasteiger partial charge in [-0.05, 0) is 0 Å². The molecule has 0 spiro atoms. The van der Waals surface area contributed by atoms with Crippen LogP contribution in [-0.4, -0.2) is 90.1 Å². The third-order valence-corrected chi connectivity index (χ3v) is 14.2. The van der Waals surface area contributed by atoms with Gasteiger partial charge in [0.2, 0.25) is 0 Å². The van der Waals surface area contributed by atoms with Crippen molar-refractivity contribution in [3.8, 4) is 6.07 Å². The van der Waals surface area contributed by atoms with Crippen LogP contribution in [0.3, 0.4) is 0 Å². The summed E-state index contributed by atoms with van der Waals surface area (Å²) in [4.78, 5) is 58.3. The first-order valence-electron chi connectivity index (χ1n) is 18.8. The van der Waals surface area contributed by atoms with Crippen molar-refractivity contribution < 1.29 is 46.2 Å². The summed E-state index contributed by atoms with van der Waals surface area (Å²) in [6.07, 6.45) is -0.605. The number of aromatic amines is 1. The number of anilines is 2. The standard InChI is InChI=1S/C35H40N10O11P2S2/c1-19(2)31(46)42-35-41-30-27(33(48)43-35)39-18-45(30)34-24-13-21(53-34)15-52-58(60,50-12-6-10-36)56-23-14-26(54-25(23)16-51-57(49,59)55-24)44-11-9-22-28(37-17-38-29(22)44)40-32(47)20-7-4-3-5-8-20/h3-5,7-9,11,17-19,21,23-26,34,58,60H,6,12-16H2,1-2H3,(H,49,59)(H,37,38,40,47)(H2,41,42,43,46,48)/t21-,23-,24+,25+,26+,34+,57?/m0/s1. The van der Waals surface area contributed by atoms with Crippen molar-refractivity contribution in [1.29, 1.82) is 5.26 Å². The van der Waals surface area contributed by atoms with Crippen molar-refractivity contribution >= 4 is 84.2 Å². The molecule has 3 N–H and O–H groups in total. The zero-order valence-corrected chi connectivity index (χ0v) is 35.6. The van der Waals surface area contributed by atoms with E-state index in [2.05, 4.69) is 47.8 Å². The molecule has 4 aromatic heterocycles. The summed E-state index contributed by atoms with van der Waals surface area (Å²) in [7, 11) is -3.93. The van der Waals surface area contributed by atoms with Crippen LogP contribution in [0.2, 0.25) is 0 Å². The molecule has 1 unspecified atom stereocenters. The van der Waals surface area contributed by atoms with Crippen LogP contribution in [0.25, 0.3) is 22.2 Å². The van der Waals surface area contributed by atoms with E-state index < -0.39 is 62.3 Å². The number of thiol groups is 2. The number of fused-ring (bicyclic) bond motifs is 5. The van der Waals surface area contributed by atoms with Crippen molar-refractivity contribution in [3.63, 3.8) is 0 Å². The normalized spacial score (nSPS) is 27.3. The van der Waals surface area contributed by atoms with E-state index in [9.17, 15) is 24.2 Å². The summed E-state index contributed by atoms with van der Waals surface area (Å²) in [5.41, 5.74) is 0.294. The molecule has 318 valence electrons.